The lowest BCUT2D eigenvalue weighted by molar-refractivity contribution is -0.145. The molecule has 5 heterocycles. The molecule has 360 valence electrons. The topological polar surface area (TPSA) is 234 Å². The lowest BCUT2D eigenvalue weighted by Crippen LogP contribution is -2.59. The number of nitrogens with one attached hydrogen (secondary N) is 4. The molecule has 3 aromatic heterocycles. The third kappa shape index (κ3) is 11.3. The maximum absolute atomic E-state index is 15.0. The summed E-state index contributed by atoms with van der Waals surface area (Å²) in [5.74, 6) is -1.74. The van der Waals surface area contributed by atoms with E-state index < -0.39 is 74.9 Å². The molecule has 2 fully saturated rings. The largest absolute Gasteiger partial charge is 0.497 e. The molecule has 1 aromatic carbocycles. The van der Waals surface area contributed by atoms with E-state index in [9.17, 15) is 32.7 Å². The van der Waals surface area contributed by atoms with E-state index in [4.69, 9.17) is 19.4 Å². The van der Waals surface area contributed by atoms with Crippen LogP contribution in [-0.4, -0.2) is 125 Å². The summed E-state index contributed by atoms with van der Waals surface area (Å²) >= 11 is 1.44. The minimum absolute atomic E-state index is 0.0182. The number of pyridine rings is 2. The number of aliphatic carboxylic acids is 1. The summed E-state index contributed by atoms with van der Waals surface area (Å²) in [4.78, 5) is 71.3. The number of rotatable bonds is 13. The molecule has 20 heteroatoms. The monoisotopic (exact) mass is 959 g/mol. The minimum atomic E-state index is -4.00. The van der Waals surface area contributed by atoms with E-state index in [1.54, 1.807) is 37.4 Å². The molecular formula is C47H61N9O9S2. The van der Waals surface area contributed by atoms with Crippen molar-refractivity contribution in [1.29, 1.82) is 0 Å². The first-order valence-electron chi connectivity index (χ1n) is 22.6. The fourth-order valence-electron chi connectivity index (χ4n) is 8.47. The van der Waals surface area contributed by atoms with Crippen molar-refractivity contribution in [1.82, 2.24) is 40.1 Å². The average Bonchev–Trinajstić information content (AvgIpc) is 3.54. The molecule has 1 saturated carbocycles. The van der Waals surface area contributed by atoms with Crippen molar-refractivity contribution in [3.05, 3.63) is 66.2 Å². The van der Waals surface area contributed by atoms with Gasteiger partial charge in [0, 0.05) is 67.1 Å². The Bertz CT molecular complexity index is 2600. The summed E-state index contributed by atoms with van der Waals surface area (Å²) in [6, 6.07) is 8.27. The fourth-order valence-corrected chi connectivity index (χ4v) is 10.4. The lowest BCUT2D eigenvalue weighted by atomic mass is 9.87. The van der Waals surface area contributed by atoms with Crippen LogP contribution >= 0.6 is 11.3 Å². The smallest absolute Gasteiger partial charge is 0.330 e. The van der Waals surface area contributed by atoms with Crippen LogP contribution in [0.3, 0.4) is 0 Å². The number of ether oxygens (including phenoxy) is 2. The molecule has 2 unspecified atom stereocenters. The van der Waals surface area contributed by atoms with Gasteiger partial charge in [-0.05, 0) is 69.2 Å². The molecule has 7 rings (SSSR count). The number of fused-ring (bicyclic) bond motifs is 3. The van der Waals surface area contributed by atoms with Crippen molar-refractivity contribution in [2.45, 2.75) is 120 Å². The Hall–Kier alpha value is -5.86. The molecule has 1 saturated heterocycles. The quantitative estimate of drug-likeness (QED) is 0.0997. The van der Waals surface area contributed by atoms with Crippen molar-refractivity contribution in [2.75, 3.05) is 32.6 Å². The van der Waals surface area contributed by atoms with Gasteiger partial charge < -0.3 is 40.7 Å². The number of thiazole rings is 1. The number of nitrogens with zero attached hydrogens (tertiary/aromatic N) is 5. The Kier molecular flexibility index (Phi) is 14.8. The molecule has 5 N–H and O–H groups in total. The maximum Gasteiger partial charge on any atom is 0.330 e. The lowest BCUT2D eigenvalue weighted by Gasteiger charge is -2.35. The van der Waals surface area contributed by atoms with Gasteiger partial charge in [-0.15, -0.1) is 11.3 Å². The highest BCUT2D eigenvalue weighted by atomic mass is 32.2. The molecule has 2 aliphatic heterocycles. The number of methoxy groups -OCH3 is 1. The molecule has 0 radical (unpaired) electrons. The van der Waals surface area contributed by atoms with Crippen molar-refractivity contribution in [3.8, 4) is 22.9 Å². The summed E-state index contributed by atoms with van der Waals surface area (Å²) < 4.78 is 40.3. The number of sulfonamides is 1. The van der Waals surface area contributed by atoms with Crippen LogP contribution < -0.4 is 30.7 Å². The highest BCUT2D eigenvalue weighted by molar-refractivity contribution is 7.89. The van der Waals surface area contributed by atoms with Crippen molar-refractivity contribution in [2.24, 2.45) is 11.3 Å². The third-order valence-corrected chi connectivity index (χ3v) is 15.0. The number of allylic oxidation sites excluding steroid dienone is 1. The SMILES string of the molecule is COc1ccc2c(O[C@@H]3C[C@H]4C(=O)N[C@]5(C(=O)O)CC5/C=C\CCCCC[C@H](NC(=O)NC(CN(C)S(=O)(=O)c5ccccn5)C(C)(C)C)C(=O)N4C3)cc(-c3csc(NC(C)C)n3)nc2c1. The Labute approximate surface area is 395 Å². The molecular weight excluding hydrogens is 899 g/mol. The molecule has 0 spiro atoms. The summed E-state index contributed by atoms with van der Waals surface area (Å²) in [5, 5.41) is 25.5. The number of carboxylic acid groups (broad SMARTS) is 1. The first kappa shape index (κ1) is 49.1. The zero-order valence-corrected chi connectivity index (χ0v) is 40.6. The van der Waals surface area contributed by atoms with Crippen LogP contribution in [0.25, 0.3) is 22.3 Å². The van der Waals surface area contributed by atoms with Crippen molar-refractivity contribution < 1.29 is 42.2 Å². The van der Waals surface area contributed by atoms with Gasteiger partial charge in [0.05, 0.1) is 24.9 Å². The highest BCUT2D eigenvalue weighted by Gasteiger charge is 2.61. The van der Waals surface area contributed by atoms with Gasteiger partial charge in [0.15, 0.2) is 10.2 Å². The summed E-state index contributed by atoms with van der Waals surface area (Å²) in [5.41, 5.74) is -0.440. The number of carbonyl (C=O) groups is 4. The fraction of sp³-hybridized carbons (Fsp3) is 0.511. The number of carbonyl (C=O) groups excluding carboxylic acids is 3. The van der Waals surface area contributed by atoms with E-state index in [0.29, 0.717) is 46.6 Å². The van der Waals surface area contributed by atoms with Crippen molar-refractivity contribution in [3.63, 3.8) is 0 Å². The van der Waals surface area contributed by atoms with Crippen LogP contribution in [0.4, 0.5) is 9.93 Å². The van der Waals surface area contributed by atoms with Crippen LogP contribution in [0.1, 0.15) is 79.6 Å². The number of hydrogen-bond acceptors (Lipinski definition) is 13. The second-order valence-corrected chi connectivity index (χ2v) is 21.7. The van der Waals surface area contributed by atoms with Crippen molar-refractivity contribution >= 4 is 61.2 Å². The Morgan fingerprint density at radius 2 is 1.88 bits per heavy atom. The zero-order chi connectivity index (χ0) is 48.3. The molecule has 1 aliphatic carbocycles. The van der Waals surface area contributed by atoms with E-state index in [2.05, 4.69) is 26.3 Å². The standard InChI is InChI=1S/C47H61N9O9S2/c1-28(2)49-45-52-36(27-66-45)35-23-38(32-19-18-30(64-7)21-34(32)50-35)65-31-22-37-41(57)54-47(43(59)60)24-29(47)15-11-9-8-10-12-16-33(42(58)56(37)25-31)51-44(61)53-39(46(3,4)5)26-55(6)67(62,63)40-17-13-14-20-48-40/h11,13-15,17-21,23,27-29,31,33,37,39H,8-10,12,16,22,24-26H2,1-7H3,(H,49,52)(H,54,57)(H,59,60)(H2,51,53,61)/b15-11-/t29?,31-,33+,37+,39?,47-/m1/s1. The molecule has 0 bridgehead atoms. The number of hydrogen-bond donors (Lipinski definition) is 5. The van der Waals surface area contributed by atoms with Gasteiger partial charge in [-0.1, -0.05) is 51.8 Å². The molecule has 18 nitrogen and oxygen atoms in total. The summed E-state index contributed by atoms with van der Waals surface area (Å²) in [7, 11) is -1.02. The molecule has 6 atom stereocenters. The van der Waals surface area contributed by atoms with Gasteiger partial charge in [0.25, 0.3) is 10.0 Å². The maximum atomic E-state index is 15.0. The zero-order valence-electron chi connectivity index (χ0n) is 38.9. The molecule has 4 aromatic rings. The van der Waals surface area contributed by atoms with Gasteiger partial charge in [-0.25, -0.2) is 33.0 Å². The van der Waals surface area contributed by atoms with Gasteiger partial charge in [0.1, 0.15) is 40.9 Å². The number of aromatic nitrogens is 3. The number of carboxylic acids is 1. The van der Waals surface area contributed by atoms with Gasteiger partial charge in [-0.2, -0.15) is 4.31 Å². The van der Waals surface area contributed by atoms with Crippen LogP contribution in [0.5, 0.6) is 11.5 Å². The van der Waals surface area contributed by atoms with Gasteiger partial charge >= 0.3 is 12.0 Å². The second-order valence-electron chi connectivity index (χ2n) is 18.9. The third-order valence-electron chi connectivity index (χ3n) is 12.5. The van der Waals surface area contributed by atoms with Crippen LogP contribution in [0, 0.1) is 11.3 Å². The molecule has 4 amide bonds. The van der Waals surface area contributed by atoms with E-state index >= 15 is 0 Å². The van der Waals surface area contributed by atoms with Crippen LogP contribution in [0.15, 0.2) is 71.2 Å². The first-order chi connectivity index (χ1) is 31.8. The van der Waals surface area contributed by atoms with E-state index in [-0.39, 0.29) is 43.4 Å². The van der Waals surface area contributed by atoms with Crippen LogP contribution in [0.2, 0.25) is 0 Å². The molecule has 3 aliphatic rings. The second kappa shape index (κ2) is 20.2. The first-order valence-corrected chi connectivity index (χ1v) is 25.0. The summed E-state index contributed by atoms with van der Waals surface area (Å²) in [6.07, 6.45) is 7.62. The highest BCUT2D eigenvalue weighted by Crippen LogP contribution is 2.46. The molecule has 67 heavy (non-hydrogen) atoms. The predicted octanol–water partition coefficient (Wildman–Crippen LogP) is 5.81. The minimum Gasteiger partial charge on any atom is -0.497 e. The van der Waals surface area contributed by atoms with E-state index in [1.165, 1.54) is 35.5 Å². The summed E-state index contributed by atoms with van der Waals surface area (Å²) in [6.45, 7) is 9.49. The van der Waals surface area contributed by atoms with Gasteiger partial charge in [-0.3, -0.25) is 9.59 Å². The Morgan fingerprint density at radius 3 is 2.58 bits per heavy atom. The van der Waals surface area contributed by atoms with Crippen LogP contribution in [-0.2, 0) is 24.4 Å². The van der Waals surface area contributed by atoms with E-state index in [0.717, 1.165) is 22.3 Å². The number of likely N-dealkylation sites (N-methyl/N-ethyl adjacent to an activating group) is 1. The van der Waals surface area contributed by atoms with E-state index in [1.807, 2.05) is 58.2 Å². The average molecular weight is 960 g/mol. The number of urea groups is 1. The number of anilines is 1. The van der Waals surface area contributed by atoms with Gasteiger partial charge in [0.2, 0.25) is 11.8 Å². The Balaban J connectivity index is 1.18. The normalized spacial score (nSPS) is 23.6. The Morgan fingerprint density at radius 1 is 1.09 bits per heavy atom. The predicted molar refractivity (Wildman–Crippen MR) is 254 cm³/mol. The number of amides is 4. The number of benzene rings is 1.